The third-order valence-corrected chi connectivity index (χ3v) is 5.06. The SMILES string of the molecule is O=C(c1cccc2ccccc12)C1CCCN(Cc2cccnc2)C1. The van der Waals surface area contributed by atoms with Gasteiger partial charge < -0.3 is 0 Å². The zero-order chi connectivity index (χ0) is 17.1. The van der Waals surface area contributed by atoms with Gasteiger partial charge in [0.05, 0.1) is 0 Å². The number of carbonyl (C=O) groups excluding carboxylic acids is 1. The van der Waals surface area contributed by atoms with Gasteiger partial charge in [0, 0.05) is 37.0 Å². The van der Waals surface area contributed by atoms with Crippen molar-refractivity contribution in [2.75, 3.05) is 13.1 Å². The minimum atomic E-state index is 0.0798. The van der Waals surface area contributed by atoms with Gasteiger partial charge in [0.25, 0.3) is 0 Å². The first-order valence-electron chi connectivity index (χ1n) is 8.94. The Labute approximate surface area is 148 Å². The molecule has 25 heavy (non-hydrogen) atoms. The summed E-state index contributed by atoms with van der Waals surface area (Å²) in [5.74, 6) is 0.365. The van der Waals surface area contributed by atoms with Crippen molar-refractivity contribution in [3.8, 4) is 0 Å². The highest BCUT2D eigenvalue weighted by atomic mass is 16.1. The van der Waals surface area contributed by atoms with E-state index in [-0.39, 0.29) is 11.7 Å². The number of hydrogen-bond donors (Lipinski definition) is 0. The van der Waals surface area contributed by atoms with Gasteiger partial charge in [-0.15, -0.1) is 0 Å². The molecule has 1 fully saturated rings. The summed E-state index contributed by atoms with van der Waals surface area (Å²) in [6.07, 6.45) is 5.76. The second kappa shape index (κ2) is 7.16. The lowest BCUT2D eigenvalue weighted by Crippen LogP contribution is -2.38. The maximum atomic E-state index is 13.2. The Balaban J connectivity index is 1.53. The highest BCUT2D eigenvalue weighted by Crippen LogP contribution is 2.26. The van der Waals surface area contributed by atoms with Crippen molar-refractivity contribution in [1.82, 2.24) is 9.88 Å². The summed E-state index contributed by atoms with van der Waals surface area (Å²) >= 11 is 0. The molecule has 126 valence electrons. The van der Waals surface area contributed by atoms with E-state index in [1.165, 1.54) is 5.56 Å². The van der Waals surface area contributed by atoms with Crippen LogP contribution in [0.15, 0.2) is 67.0 Å². The van der Waals surface area contributed by atoms with Crippen molar-refractivity contribution >= 4 is 16.6 Å². The van der Waals surface area contributed by atoms with Crippen molar-refractivity contribution < 1.29 is 4.79 Å². The molecule has 1 atom stereocenters. The molecule has 1 unspecified atom stereocenters. The Morgan fingerprint density at radius 1 is 1.08 bits per heavy atom. The molecule has 2 aromatic carbocycles. The van der Waals surface area contributed by atoms with E-state index >= 15 is 0 Å². The van der Waals surface area contributed by atoms with E-state index < -0.39 is 0 Å². The molecule has 0 saturated carbocycles. The molecule has 1 aliphatic rings. The van der Waals surface area contributed by atoms with E-state index in [9.17, 15) is 4.79 Å². The first-order valence-corrected chi connectivity index (χ1v) is 8.94. The number of benzene rings is 2. The minimum Gasteiger partial charge on any atom is -0.298 e. The van der Waals surface area contributed by atoms with Crippen LogP contribution in [0.3, 0.4) is 0 Å². The van der Waals surface area contributed by atoms with Crippen LogP contribution in [0, 0.1) is 5.92 Å². The fourth-order valence-corrected chi connectivity index (χ4v) is 3.82. The molecular formula is C22H22N2O. The largest absolute Gasteiger partial charge is 0.298 e. The van der Waals surface area contributed by atoms with Crippen LogP contribution >= 0.6 is 0 Å². The number of hydrogen-bond acceptors (Lipinski definition) is 3. The summed E-state index contributed by atoms with van der Waals surface area (Å²) in [5, 5.41) is 2.20. The quantitative estimate of drug-likeness (QED) is 0.668. The number of pyridine rings is 1. The third-order valence-electron chi connectivity index (χ3n) is 5.06. The minimum absolute atomic E-state index is 0.0798. The smallest absolute Gasteiger partial charge is 0.167 e. The van der Waals surface area contributed by atoms with Gasteiger partial charge in [-0.1, -0.05) is 48.5 Å². The van der Waals surface area contributed by atoms with Gasteiger partial charge in [-0.2, -0.15) is 0 Å². The molecule has 0 bridgehead atoms. The lowest BCUT2D eigenvalue weighted by molar-refractivity contribution is 0.0813. The molecule has 1 aromatic heterocycles. The van der Waals surface area contributed by atoms with E-state index in [0.717, 1.165) is 48.8 Å². The van der Waals surface area contributed by atoms with Gasteiger partial charge in [-0.05, 0) is 41.8 Å². The summed E-state index contributed by atoms with van der Waals surface area (Å²) < 4.78 is 0. The Kier molecular flexibility index (Phi) is 4.57. The molecule has 3 nitrogen and oxygen atoms in total. The van der Waals surface area contributed by atoms with Crippen LogP contribution in [0.5, 0.6) is 0 Å². The first kappa shape index (κ1) is 16.0. The lowest BCUT2D eigenvalue weighted by atomic mass is 9.88. The third kappa shape index (κ3) is 3.47. The van der Waals surface area contributed by atoms with Crippen LogP contribution in [-0.4, -0.2) is 28.8 Å². The van der Waals surface area contributed by atoms with E-state index in [4.69, 9.17) is 0 Å². The lowest BCUT2D eigenvalue weighted by Gasteiger charge is -2.32. The van der Waals surface area contributed by atoms with Gasteiger partial charge in [0.2, 0.25) is 0 Å². The molecule has 0 amide bonds. The fourth-order valence-electron chi connectivity index (χ4n) is 3.82. The number of Topliss-reactive ketones (excluding diaryl/α,β-unsaturated/α-hetero) is 1. The van der Waals surface area contributed by atoms with Crippen molar-refractivity contribution in [3.05, 3.63) is 78.1 Å². The molecule has 1 saturated heterocycles. The molecule has 4 rings (SSSR count). The van der Waals surface area contributed by atoms with Crippen molar-refractivity contribution in [3.63, 3.8) is 0 Å². The molecule has 0 N–H and O–H groups in total. The summed E-state index contributed by atoms with van der Waals surface area (Å²) in [6, 6.07) is 18.3. The number of rotatable bonds is 4. The average Bonchev–Trinajstić information content (AvgIpc) is 2.68. The number of likely N-dealkylation sites (tertiary alicyclic amines) is 1. The predicted octanol–water partition coefficient (Wildman–Crippen LogP) is 4.33. The second-order valence-electron chi connectivity index (χ2n) is 6.83. The molecular weight excluding hydrogens is 308 g/mol. The standard InChI is InChI=1S/C22H22N2O/c25-22(21-11-3-8-18-7-1-2-10-20(18)21)19-9-5-13-24(16-19)15-17-6-4-12-23-14-17/h1-4,6-8,10-12,14,19H,5,9,13,15-16H2. The zero-order valence-corrected chi connectivity index (χ0v) is 14.3. The van der Waals surface area contributed by atoms with Crippen LogP contribution in [0.2, 0.25) is 0 Å². The number of aromatic nitrogens is 1. The van der Waals surface area contributed by atoms with Crippen molar-refractivity contribution in [2.24, 2.45) is 5.92 Å². The van der Waals surface area contributed by atoms with Crippen LogP contribution < -0.4 is 0 Å². The van der Waals surface area contributed by atoms with Gasteiger partial charge in [0.1, 0.15) is 0 Å². The summed E-state index contributed by atoms with van der Waals surface area (Å²) in [7, 11) is 0. The second-order valence-corrected chi connectivity index (χ2v) is 6.83. The van der Waals surface area contributed by atoms with Crippen LogP contribution in [0.1, 0.15) is 28.8 Å². The van der Waals surface area contributed by atoms with E-state index in [0.29, 0.717) is 0 Å². The Morgan fingerprint density at radius 3 is 2.84 bits per heavy atom. The summed E-state index contributed by atoms with van der Waals surface area (Å²) in [4.78, 5) is 19.7. The average molecular weight is 330 g/mol. The maximum Gasteiger partial charge on any atom is 0.167 e. The molecule has 1 aliphatic heterocycles. The number of fused-ring (bicyclic) bond motifs is 1. The highest BCUT2D eigenvalue weighted by molar-refractivity contribution is 6.09. The first-order chi connectivity index (χ1) is 12.3. The number of carbonyl (C=O) groups is 1. The Hall–Kier alpha value is -2.52. The molecule has 0 radical (unpaired) electrons. The number of nitrogens with zero attached hydrogens (tertiary/aromatic N) is 2. The van der Waals surface area contributed by atoms with Gasteiger partial charge in [-0.3, -0.25) is 14.7 Å². The van der Waals surface area contributed by atoms with Gasteiger partial charge >= 0.3 is 0 Å². The van der Waals surface area contributed by atoms with Gasteiger partial charge in [-0.25, -0.2) is 0 Å². The number of ketones is 1. The van der Waals surface area contributed by atoms with E-state index in [2.05, 4.69) is 34.1 Å². The summed E-state index contributed by atoms with van der Waals surface area (Å²) in [6.45, 7) is 2.75. The molecule has 3 heteroatoms. The molecule has 0 aliphatic carbocycles. The fraction of sp³-hybridized carbons (Fsp3) is 0.273. The van der Waals surface area contributed by atoms with E-state index in [1.54, 1.807) is 6.20 Å². The zero-order valence-electron chi connectivity index (χ0n) is 14.3. The Morgan fingerprint density at radius 2 is 1.96 bits per heavy atom. The molecule has 0 spiro atoms. The van der Waals surface area contributed by atoms with E-state index in [1.807, 2.05) is 36.5 Å². The van der Waals surface area contributed by atoms with Crippen molar-refractivity contribution in [1.29, 1.82) is 0 Å². The monoisotopic (exact) mass is 330 g/mol. The highest BCUT2D eigenvalue weighted by Gasteiger charge is 2.27. The van der Waals surface area contributed by atoms with Crippen LogP contribution in [0.4, 0.5) is 0 Å². The summed E-state index contributed by atoms with van der Waals surface area (Å²) in [5.41, 5.74) is 2.08. The topological polar surface area (TPSA) is 33.2 Å². The maximum absolute atomic E-state index is 13.2. The molecule has 2 heterocycles. The Bertz CT molecular complexity index is 870. The predicted molar refractivity (Wildman–Crippen MR) is 101 cm³/mol. The van der Waals surface area contributed by atoms with Gasteiger partial charge in [0.15, 0.2) is 5.78 Å². The van der Waals surface area contributed by atoms with Crippen LogP contribution in [0.25, 0.3) is 10.8 Å². The normalized spacial score (nSPS) is 18.3. The van der Waals surface area contributed by atoms with Crippen molar-refractivity contribution in [2.45, 2.75) is 19.4 Å². The molecule has 3 aromatic rings. The van der Waals surface area contributed by atoms with Crippen LogP contribution in [-0.2, 0) is 6.54 Å². The number of piperidine rings is 1.